The molecule has 0 amide bonds. The van der Waals surface area contributed by atoms with Gasteiger partial charge in [-0.15, -0.1) is 0 Å². The number of rotatable bonds is 7. The number of hydrogen-bond acceptors (Lipinski definition) is 4. The summed E-state index contributed by atoms with van der Waals surface area (Å²) in [6.07, 6.45) is 0.300. The van der Waals surface area contributed by atoms with E-state index in [2.05, 4.69) is 5.32 Å². The van der Waals surface area contributed by atoms with E-state index in [0.29, 0.717) is 13.0 Å². The molecule has 0 fully saturated rings. The van der Waals surface area contributed by atoms with Crippen molar-refractivity contribution in [1.82, 2.24) is 5.32 Å². The maximum Gasteiger partial charge on any atom is 0.307 e. The molecule has 1 aromatic carbocycles. The van der Waals surface area contributed by atoms with Gasteiger partial charge in [0.15, 0.2) is 0 Å². The number of para-hydroxylation sites is 1. The lowest BCUT2D eigenvalue weighted by Gasteiger charge is -2.20. The Morgan fingerprint density at radius 2 is 2.06 bits per heavy atom. The first-order valence-electron chi connectivity index (χ1n) is 6.24. The van der Waals surface area contributed by atoms with Crippen molar-refractivity contribution in [3.8, 4) is 5.75 Å². The molecule has 0 aliphatic carbocycles. The van der Waals surface area contributed by atoms with Crippen molar-refractivity contribution >= 4 is 5.97 Å². The van der Waals surface area contributed by atoms with Crippen molar-refractivity contribution < 1.29 is 14.3 Å². The lowest BCUT2D eigenvalue weighted by molar-refractivity contribution is -0.141. The summed E-state index contributed by atoms with van der Waals surface area (Å²) in [6, 6.07) is 7.68. The summed E-state index contributed by atoms with van der Waals surface area (Å²) in [6.45, 7) is 5.34. The van der Waals surface area contributed by atoms with Gasteiger partial charge >= 0.3 is 5.97 Å². The third-order valence-electron chi connectivity index (χ3n) is 2.64. The first-order chi connectivity index (χ1) is 8.72. The molecule has 0 radical (unpaired) electrons. The van der Waals surface area contributed by atoms with Crippen LogP contribution in [0.4, 0.5) is 0 Å². The smallest absolute Gasteiger partial charge is 0.307 e. The standard InChI is InChI=1S/C14H21NO3/c1-4-15-12(10-14(16)17-3)11-8-6-7-9-13(11)18-5-2/h6-9,12,15H,4-5,10H2,1-3H3. The minimum Gasteiger partial charge on any atom is -0.494 e. The summed E-state index contributed by atoms with van der Waals surface area (Å²) < 4.78 is 10.3. The second-order valence-electron chi connectivity index (χ2n) is 3.86. The van der Waals surface area contributed by atoms with Gasteiger partial charge in [0, 0.05) is 11.6 Å². The molecule has 1 atom stereocenters. The fourth-order valence-electron chi connectivity index (χ4n) is 1.84. The minimum absolute atomic E-state index is 0.0785. The number of ether oxygens (including phenoxy) is 2. The molecule has 0 aromatic heterocycles. The number of nitrogens with one attached hydrogen (secondary N) is 1. The predicted molar refractivity (Wildman–Crippen MR) is 70.7 cm³/mol. The Kier molecular flexibility index (Phi) is 6.22. The Hall–Kier alpha value is -1.55. The van der Waals surface area contributed by atoms with Crippen LogP contribution in [0, 0.1) is 0 Å². The van der Waals surface area contributed by atoms with Crippen molar-refractivity contribution in [2.75, 3.05) is 20.3 Å². The minimum atomic E-state index is -0.229. The van der Waals surface area contributed by atoms with Crippen molar-refractivity contribution in [1.29, 1.82) is 0 Å². The molecule has 1 aromatic rings. The Labute approximate surface area is 108 Å². The van der Waals surface area contributed by atoms with Gasteiger partial charge in [0.05, 0.1) is 20.1 Å². The van der Waals surface area contributed by atoms with Crippen molar-refractivity contribution in [2.45, 2.75) is 26.3 Å². The maximum atomic E-state index is 11.4. The Morgan fingerprint density at radius 3 is 2.67 bits per heavy atom. The molecule has 0 bridgehead atoms. The quantitative estimate of drug-likeness (QED) is 0.755. The summed E-state index contributed by atoms with van der Waals surface area (Å²) in [4.78, 5) is 11.4. The number of benzene rings is 1. The van der Waals surface area contributed by atoms with Gasteiger partial charge in [-0.05, 0) is 19.5 Å². The van der Waals surface area contributed by atoms with Crippen molar-refractivity contribution in [3.05, 3.63) is 29.8 Å². The fourth-order valence-corrected chi connectivity index (χ4v) is 1.84. The van der Waals surface area contributed by atoms with E-state index in [-0.39, 0.29) is 12.0 Å². The van der Waals surface area contributed by atoms with E-state index in [1.807, 2.05) is 38.1 Å². The molecular weight excluding hydrogens is 230 g/mol. The number of methoxy groups -OCH3 is 1. The highest BCUT2D eigenvalue weighted by Crippen LogP contribution is 2.27. The Bertz CT molecular complexity index is 379. The molecule has 1 unspecified atom stereocenters. The van der Waals surface area contributed by atoms with Gasteiger partial charge in [0.1, 0.15) is 5.75 Å². The highest BCUT2D eigenvalue weighted by atomic mass is 16.5. The van der Waals surface area contributed by atoms with Crippen LogP contribution in [0.5, 0.6) is 5.75 Å². The molecule has 0 aliphatic heterocycles. The van der Waals surface area contributed by atoms with E-state index in [0.717, 1.165) is 17.9 Å². The first kappa shape index (κ1) is 14.5. The van der Waals surface area contributed by atoms with Gasteiger partial charge < -0.3 is 14.8 Å². The van der Waals surface area contributed by atoms with Gasteiger partial charge in [-0.25, -0.2) is 0 Å². The molecule has 0 saturated heterocycles. The van der Waals surface area contributed by atoms with Crippen LogP contribution in [0.1, 0.15) is 31.9 Å². The van der Waals surface area contributed by atoms with Crippen LogP contribution < -0.4 is 10.1 Å². The highest BCUT2D eigenvalue weighted by Gasteiger charge is 2.18. The highest BCUT2D eigenvalue weighted by molar-refractivity contribution is 5.70. The molecule has 100 valence electrons. The Morgan fingerprint density at radius 1 is 1.33 bits per heavy atom. The third kappa shape index (κ3) is 4.04. The van der Waals surface area contributed by atoms with E-state index >= 15 is 0 Å². The number of esters is 1. The van der Waals surface area contributed by atoms with Gasteiger partial charge in [-0.1, -0.05) is 25.1 Å². The third-order valence-corrected chi connectivity index (χ3v) is 2.64. The normalized spacial score (nSPS) is 11.9. The van der Waals surface area contributed by atoms with Gasteiger partial charge in [0.25, 0.3) is 0 Å². The zero-order chi connectivity index (χ0) is 13.4. The summed E-state index contributed by atoms with van der Waals surface area (Å²) in [7, 11) is 1.40. The maximum absolute atomic E-state index is 11.4. The zero-order valence-corrected chi connectivity index (χ0v) is 11.2. The van der Waals surface area contributed by atoms with Crippen LogP contribution >= 0.6 is 0 Å². The molecule has 4 nitrogen and oxygen atoms in total. The van der Waals surface area contributed by atoms with Gasteiger partial charge in [-0.2, -0.15) is 0 Å². The first-order valence-corrected chi connectivity index (χ1v) is 6.24. The SMILES string of the molecule is CCNC(CC(=O)OC)c1ccccc1OCC. The van der Waals surface area contributed by atoms with E-state index < -0.39 is 0 Å². The average Bonchev–Trinajstić information content (AvgIpc) is 2.39. The van der Waals surface area contributed by atoms with Crippen molar-refractivity contribution in [3.63, 3.8) is 0 Å². The van der Waals surface area contributed by atoms with Crippen LogP contribution in [0.15, 0.2) is 24.3 Å². The summed E-state index contributed by atoms with van der Waals surface area (Å²) in [5.74, 6) is 0.585. The second-order valence-corrected chi connectivity index (χ2v) is 3.86. The lowest BCUT2D eigenvalue weighted by atomic mass is 10.0. The van der Waals surface area contributed by atoms with Crippen LogP contribution in [-0.4, -0.2) is 26.2 Å². The topological polar surface area (TPSA) is 47.6 Å². The zero-order valence-electron chi connectivity index (χ0n) is 11.2. The number of carbonyl (C=O) groups is 1. The van der Waals surface area contributed by atoms with Crippen molar-refractivity contribution in [2.24, 2.45) is 0 Å². The van der Waals surface area contributed by atoms with Crippen LogP contribution in [0.2, 0.25) is 0 Å². The molecule has 0 saturated carbocycles. The molecule has 18 heavy (non-hydrogen) atoms. The number of hydrogen-bond donors (Lipinski definition) is 1. The average molecular weight is 251 g/mol. The van der Waals surface area contributed by atoms with E-state index in [1.54, 1.807) is 0 Å². The van der Waals surface area contributed by atoms with Crippen LogP contribution in [0.3, 0.4) is 0 Å². The molecule has 0 heterocycles. The summed E-state index contributed by atoms with van der Waals surface area (Å²) in [5.41, 5.74) is 0.992. The van der Waals surface area contributed by atoms with E-state index in [1.165, 1.54) is 7.11 Å². The second kappa shape index (κ2) is 7.71. The molecule has 4 heteroatoms. The van der Waals surface area contributed by atoms with Gasteiger partial charge in [0.2, 0.25) is 0 Å². The molecule has 1 rings (SSSR count). The summed E-state index contributed by atoms with van der Waals surface area (Å²) >= 11 is 0. The lowest BCUT2D eigenvalue weighted by Crippen LogP contribution is -2.24. The predicted octanol–water partition coefficient (Wildman–Crippen LogP) is 2.30. The summed E-state index contributed by atoms with van der Waals surface area (Å²) in [5, 5.41) is 3.28. The largest absolute Gasteiger partial charge is 0.494 e. The fraction of sp³-hybridized carbons (Fsp3) is 0.500. The van der Waals surface area contributed by atoms with Gasteiger partial charge in [-0.3, -0.25) is 4.79 Å². The molecule has 0 aliphatic rings. The molecule has 1 N–H and O–H groups in total. The number of carbonyl (C=O) groups excluding carboxylic acids is 1. The molecule has 0 spiro atoms. The monoisotopic (exact) mass is 251 g/mol. The van der Waals surface area contributed by atoms with Crippen LogP contribution in [-0.2, 0) is 9.53 Å². The van der Waals surface area contributed by atoms with E-state index in [9.17, 15) is 4.79 Å². The van der Waals surface area contributed by atoms with E-state index in [4.69, 9.17) is 9.47 Å². The molecular formula is C14H21NO3. The Balaban J connectivity index is 2.93. The van der Waals surface area contributed by atoms with Crippen LogP contribution in [0.25, 0.3) is 0 Å².